The maximum atomic E-state index is 12.6. The van der Waals surface area contributed by atoms with Gasteiger partial charge in [0.05, 0.1) is 24.4 Å². The van der Waals surface area contributed by atoms with E-state index in [0.29, 0.717) is 11.3 Å². The van der Waals surface area contributed by atoms with Gasteiger partial charge in [-0.1, -0.05) is 5.57 Å². The Morgan fingerprint density at radius 2 is 2.25 bits per heavy atom. The summed E-state index contributed by atoms with van der Waals surface area (Å²) in [7, 11) is 1.43. The van der Waals surface area contributed by atoms with Gasteiger partial charge in [-0.3, -0.25) is 9.79 Å². The minimum Gasteiger partial charge on any atom is -0.494 e. The molecule has 0 aliphatic carbocycles. The molecule has 1 atom stereocenters. The Labute approximate surface area is 115 Å². The van der Waals surface area contributed by atoms with Gasteiger partial charge in [-0.25, -0.2) is 0 Å². The number of benzene rings is 1. The van der Waals surface area contributed by atoms with E-state index >= 15 is 0 Å². The van der Waals surface area contributed by atoms with Crippen molar-refractivity contribution in [3.05, 3.63) is 34.4 Å². The molecule has 20 heavy (non-hydrogen) atoms. The standard InChI is InChI=1S/C14H13N3O3/c1-8-3-9-6-15-11-5-12(16-19)13(20-2)4-10(11)14(18)17(9)7-8/h4-7,9H,3H2,1-2H3. The lowest BCUT2D eigenvalue weighted by Gasteiger charge is -2.18. The fourth-order valence-electron chi connectivity index (χ4n) is 2.52. The predicted octanol–water partition coefficient (Wildman–Crippen LogP) is 2.93. The van der Waals surface area contributed by atoms with Crippen molar-refractivity contribution in [2.45, 2.75) is 19.4 Å². The first-order valence-electron chi connectivity index (χ1n) is 6.23. The van der Waals surface area contributed by atoms with Crippen LogP contribution in [0.1, 0.15) is 23.7 Å². The summed E-state index contributed by atoms with van der Waals surface area (Å²) in [6.07, 6.45) is 4.35. The highest BCUT2D eigenvalue weighted by molar-refractivity contribution is 6.04. The quantitative estimate of drug-likeness (QED) is 0.776. The molecule has 0 bridgehead atoms. The second-order valence-electron chi connectivity index (χ2n) is 4.87. The average Bonchev–Trinajstić information content (AvgIpc) is 2.79. The van der Waals surface area contributed by atoms with E-state index in [9.17, 15) is 9.70 Å². The van der Waals surface area contributed by atoms with Gasteiger partial charge in [-0.05, 0) is 30.7 Å². The number of carbonyl (C=O) groups excluding carboxylic acids is 1. The molecule has 6 heteroatoms. The number of ether oxygens (including phenoxy) is 1. The Morgan fingerprint density at radius 1 is 1.45 bits per heavy atom. The smallest absolute Gasteiger partial charge is 0.260 e. The molecule has 0 saturated heterocycles. The van der Waals surface area contributed by atoms with Crippen LogP contribution >= 0.6 is 0 Å². The van der Waals surface area contributed by atoms with Crippen molar-refractivity contribution in [3.8, 4) is 5.75 Å². The molecular formula is C14H13N3O3. The van der Waals surface area contributed by atoms with Crippen LogP contribution < -0.4 is 4.74 Å². The van der Waals surface area contributed by atoms with Crippen LogP contribution in [0.5, 0.6) is 5.75 Å². The van der Waals surface area contributed by atoms with Gasteiger partial charge in [0.25, 0.3) is 5.91 Å². The summed E-state index contributed by atoms with van der Waals surface area (Å²) >= 11 is 0. The molecule has 0 fully saturated rings. The van der Waals surface area contributed by atoms with E-state index in [1.54, 1.807) is 11.1 Å². The molecule has 0 spiro atoms. The van der Waals surface area contributed by atoms with Crippen molar-refractivity contribution < 1.29 is 9.53 Å². The van der Waals surface area contributed by atoms with Crippen molar-refractivity contribution in [2.24, 2.45) is 10.2 Å². The second-order valence-corrected chi connectivity index (χ2v) is 4.87. The molecule has 1 aromatic rings. The molecule has 2 aliphatic heterocycles. The predicted molar refractivity (Wildman–Crippen MR) is 74.9 cm³/mol. The van der Waals surface area contributed by atoms with Crippen molar-refractivity contribution >= 4 is 23.5 Å². The third kappa shape index (κ3) is 1.80. The first-order valence-corrected chi connectivity index (χ1v) is 6.23. The van der Waals surface area contributed by atoms with E-state index in [4.69, 9.17) is 4.74 Å². The van der Waals surface area contributed by atoms with E-state index in [1.165, 1.54) is 19.2 Å². The molecule has 3 rings (SSSR count). The lowest BCUT2D eigenvalue weighted by Crippen LogP contribution is -2.32. The van der Waals surface area contributed by atoms with Gasteiger partial charge in [-0.15, -0.1) is 4.91 Å². The molecule has 0 aromatic heterocycles. The van der Waals surface area contributed by atoms with Gasteiger partial charge in [0.15, 0.2) is 5.69 Å². The Balaban J connectivity index is 2.14. The topological polar surface area (TPSA) is 71.3 Å². The largest absolute Gasteiger partial charge is 0.494 e. The van der Waals surface area contributed by atoms with Gasteiger partial charge >= 0.3 is 0 Å². The highest BCUT2D eigenvalue weighted by Crippen LogP contribution is 2.38. The van der Waals surface area contributed by atoms with Gasteiger partial charge in [0.2, 0.25) is 0 Å². The van der Waals surface area contributed by atoms with Gasteiger partial charge in [0, 0.05) is 12.4 Å². The summed E-state index contributed by atoms with van der Waals surface area (Å²) in [5.74, 6) is 0.135. The molecular weight excluding hydrogens is 258 g/mol. The van der Waals surface area contributed by atoms with E-state index in [2.05, 4.69) is 10.2 Å². The van der Waals surface area contributed by atoms with Crippen LogP contribution in [0.25, 0.3) is 0 Å². The van der Waals surface area contributed by atoms with Crippen LogP contribution in [0, 0.1) is 4.91 Å². The van der Waals surface area contributed by atoms with E-state index in [0.717, 1.165) is 12.0 Å². The molecule has 0 saturated carbocycles. The number of amides is 1. The number of fused-ring (bicyclic) bond motifs is 2. The van der Waals surface area contributed by atoms with Crippen LogP contribution in [-0.4, -0.2) is 30.2 Å². The summed E-state index contributed by atoms with van der Waals surface area (Å²) in [5.41, 5.74) is 2.14. The lowest BCUT2D eigenvalue weighted by molar-refractivity contribution is 0.0817. The summed E-state index contributed by atoms with van der Waals surface area (Å²) in [6.45, 7) is 1.98. The number of methoxy groups -OCH3 is 1. The summed E-state index contributed by atoms with van der Waals surface area (Å²) in [5, 5.41) is 2.90. The molecule has 0 N–H and O–H groups in total. The Kier molecular flexibility index (Phi) is 2.85. The highest BCUT2D eigenvalue weighted by Gasteiger charge is 2.31. The number of nitroso groups, excluding NO2 is 1. The summed E-state index contributed by atoms with van der Waals surface area (Å²) < 4.78 is 5.09. The van der Waals surface area contributed by atoms with Crippen molar-refractivity contribution in [1.29, 1.82) is 0 Å². The average molecular weight is 271 g/mol. The van der Waals surface area contributed by atoms with Crippen LogP contribution in [0.3, 0.4) is 0 Å². The zero-order valence-electron chi connectivity index (χ0n) is 11.2. The SMILES string of the molecule is COc1cc2c(cc1N=O)N=CC1CC(C)=CN1C2=O. The Morgan fingerprint density at radius 3 is 2.95 bits per heavy atom. The minimum atomic E-state index is -0.143. The van der Waals surface area contributed by atoms with Crippen molar-refractivity contribution in [2.75, 3.05) is 7.11 Å². The van der Waals surface area contributed by atoms with Gasteiger partial charge in [0.1, 0.15) is 5.75 Å². The summed E-state index contributed by atoms with van der Waals surface area (Å²) in [6, 6.07) is 2.94. The normalized spacial score (nSPS) is 20.1. The fraction of sp³-hybridized carbons (Fsp3) is 0.286. The van der Waals surface area contributed by atoms with E-state index in [1.807, 2.05) is 13.1 Å². The first-order chi connectivity index (χ1) is 9.63. The van der Waals surface area contributed by atoms with E-state index in [-0.39, 0.29) is 23.4 Å². The first kappa shape index (κ1) is 12.5. The highest BCUT2D eigenvalue weighted by atomic mass is 16.5. The second kappa shape index (κ2) is 4.56. The van der Waals surface area contributed by atoms with Crippen molar-refractivity contribution in [3.63, 3.8) is 0 Å². The number of rotatable bonds is 2. The Bertz CT molecular complexity index is 664. The van der Waals surface area contributed by atoms with Crippen LogP contribution in [0.15, 0.2) is 34.1 Å². The lowest BCUT2D eigenvalue weighted by atomic mass is 10.1. The molecule has 2 aliphatic rings. The minimum absolute atomic E-state index is 0.0615. The van der Waals surface area contributed by atoms with Crippen LogP contribution in [0.4, 0.5) is 11.4 Å². The molecule has 102 valence electrons. The summed E-state index contributed by atoms with van der Waals surface area (Å²) in [4.78, 5) is 29.3. The molecule has 6 nitrogen and oxygen atoms in total. The van der Waals surface area contributed by atoms with Crippen molar-refractivity contribution in [1.82, 2.24) is 4.90 Å². The van der Waals surface area contributed by atoms with Crippen LogP contribution in [0.2, 0.25) is 0 Å². The zero-order chi connectivity index (χ0) is 14.3. The number of hydrogen-bond acceptors (Lipinski definition) is 5. The molecule has 0 radical (unpaired) electrons. The van der Waals surface area contributed by atoms with Crippen LogP contribution in [-0.2, 0) is 0 Å². The number of aliphatic imine (C=N–C) groups is 1. The zero-order valence-corrected chi connectivity index (χ0v) is 11.2. The number of nitrogens with zero attached hydrogens (tertiary/aromatic N) is 3. The number of carbonyl (C=O) groups is 1. The Hall–Kier alpha value is -2.50. The number of hydrogen-bond donors (Lipinski definition) is 0. The maximum absolute atomic E-state index is 12.6. The molecule has 1 unspecified atom stereocenters. The fourth-order valence-corrected chi connectivity index (χ4v) is 2.52. The molecule has 2 heterocycles. The van der Waals surface area contributed by atoms with Gasteiger partial charge < -0.3 is 9.64 Å². The maximum Gasteiger partial charge on any atom is 0.260 e. The monoisotopic (exact) mass is 271 g/mol. The third-order valence-electron chi connectivity index (χ3n) is 3.49. The molecule has 1 aromatic carbocycles. The van der Waals surface area contributed by atoms with E-state index < -0.39 is 0 Å². The molecule has 1 amide bonds. The van der Waals surface area contributed by atoms with Gasteiger partial charge in [-0.2, -0.15) is 0 Å². The third-order valence-corrected chi connectivity index (χ3v) is 3.49.